The van der Waals surface area contributed by atoms with Crippen molar-refractivity contribution >= 4 is 57.5 Å². The standard InChI is InChI=1S/C23H23ClN6O5/c1-13(32)23-16-9-14(25-21(34)12-31)5-8-17(16)30(28-23)11-22(35)29(15-6-7-15)10-20(33)27-19-4-2-3-18(24)26-19/h2-5,8-9,15,31H,6-7,10-12H2,1H3,(H,25,34)(H,26,27,33). The van der Waals surface area contributed by atoms with Crippen LogP contribution in [0, 0.1) is 0 Å². The van der Waals surface area contributed by atoms with E-state index in [4.69, 9.17) is 16.7 Å². The number of aliphatic hydroxyl groups excluding tert-OH is 1. The lowest BCUT2D eigenvalue weighted by Crippen LogP contribution is -2.41. The maximum Gasteiger partial charge on any atom is 0.250 e. The number of anilines is 2. The third kappa shape index (κ3) is 5.81. The highest BCUT2D eigenvalue weighted by molar-refractivity contribution is 6.29. The van der Waals surface area contributed by atoms with Gasteiger partial charge < -0.3 is 20.6 Å². The number of ketones is 1. The summed E-state index contributed by atoms with van der Waals surface area (Å²) in [4.78, 5) is 55.0. The van der Waals surface area contributed by atoms with Crippen LogP contribution in [0.1, 0.15) is 30.3 Å². The van der Waals surface area contributed by atoms with E-state index in [9.17, 15) is 19.2 Å². The Morgan fingerprint density at radius 3 is 2.57 bits per heavy atom. The molecule has 11 nitrogen and oxygen atoms in total. The van der Waals surface area contributed by atoms with Gasteiger partial charge in [-0.2, -0.15) is 5.10 Å². The van der Waals surface area contributed by atoms with E-state index in [0.29, 0.717) is 22.4 Å². The second kappa shape index (κ2) is 10.2. The lowest BCUT2D eigenvalue weighted by Gasteiger charge is -2.22. The highest BCUT2D eigenvalue weighted by Gasteiger charge is 2.34. The van der Waals surface area contributed by atoms with Crippen molar-refractivity contribution in [2.45, 2.75) is 32.4 Å². The summed E-state index contributed by atoms with van der Waals surface area (Å²) in [6.07, 6.45) is 1.59. The third-order valence-electron chi connectivity index (χ3n) is 5.40. The highest BCUT2D eigenvalue weighted by atomic mass is 35.5. The number of rotatable bonds is 9. The highest BCUT2D eigenvalue weighted by Crippen LogP contribution is 2.28. The second-order valence-electron chi connectivity index (χ2n) is 8.15. The van der Waals surface area contributed by atoms with Crippen LogP contribution in [0.15, 0.2) is 36.4 Å². The molecule has 0 unspecified atom stereocenters. The Labute approximate surface area is 205 Å². The molecule has 0 aliphatic heterocycles. The van der Waals surface area contributed by atoms with E-state index < -0.39 is 18.4 Å². The first-order chi connectivity index (χ1) is 16.7. The fourth-order valence-electron chi connectivity index (χ4n) is 3.68. The zero-order valence-corrected chi connectivity index (χ0v) is 19.6. The number of hydrogen-bond acceptors (Lipinski definition) is 7. The zero-order valence-electron chi connectivity index (χ0n) is 18.8. The minimum atomic E-state index is -0.677. The average Bonchev–Trinajstić information content (AvgIpc) is 3.59. The van der Waals surface area contributed by atoms with E-state index >= 15 is 0 Å². The number of aliphatic hydroxyl groups is 1. The van der Waals surface area contributed by atoms with Crippen molar-refractivity contribution in [3.63, 3.8) is 0 Å². The number of aromatic nitrogens is 3. The summed E-state index contributed by atoms with van der Waals surface area (Å²) < 4.78 is 1.41. The Kier molecular flexibility index (Phi) is 7.08. The van der Waals surface area contributed by atoms with E-state index in [1.807, 2.05) is 0 Å². The van der Waals surface area contributed by atoms with Crippen molar-refractivity contribution in [1.29, 1.82) is 0 Å². The molecule has 3 aromatic rings. The Balaban J connectivity index is 1.53. The first kappa shape index (κ1) is 24.3. The lowest BCUT2D eigenvalue weighted by molar-refractivity contribution is -0.135. The molecular weight excluding hydrogens is 476 g/mol. The van der Waals surface area contributed by atoms with E-state index in [0.717, 1.165) is 12.8 Å². The van der Waals surface area contributed by atoms with Crippen LogP contribution in [-0.4, -0.2) is 67.5 Å². The molecule has 1 aromatic carbocycles. The van der Waals surface area contributed by atoms with Crippen LogP contribution < -0.4 is 10.6 Å². The molecule has 12 heteroatoms. The summed E-state index contributed by atoms with van der Waals surface area (Å²) in [7, 11) is 0. The van der Waals surface area contributed by atoms with Crippen LogP contribution in [0.2, 0.25) is 5.15 Å². The molecule has 0 bridgehead atoms. The number of pyridine rings is 1. The summed E-state index contributed by atoms with van der Waals surface area (Å²) >= 11 is 5.86. The van der Waals surface area contributed by atoms with Crippen LogP contribution in [0.25, 0.3) is 10.9 Å². The van der Waals surface area contributed by atoms with Crippen LogP contribution in [0.3, 0.4) is 0 Å². The van der Waals surface area contributed by atoms with Crippen molar-refractivity contribution in [1.82, 2.24) is 19.7 Å². The monoisotopic (exact) mass is 498 g/mol. The summed E-state index contributed by atoms with van der Waals surface area (Å²) in [6, 6.07) is 9.59. The van der Waals surface area contributed by atoms with Crippen molar-refractivity contribution < 1.29 is 24.3 Å². The number of carbonyl (C=O) groups excluding carboxylic acids is 4. The average molecular weight is 499 g/mol. The van der Waals surface area contributed by atoms with Gasteiger partial charge in [-0.05, 0) is 43.2 Å². The van der Waals surface area contributed by atoms with Crippen LogP contribution in [-0.2, 0) is 20.9 Å². The molecule has 4 rings (SSSR count). The van der Waals surface area contributed by atoms with Crippen LogP contribution in [0.5, 0.6) is 0 Å². The Morgan fingerprint density at radius 2 is 1.91 bits per heavy atom. The number of halogens is 1. The minimum absolute atomic E-state index is 0.0463. The van der Waals surface area contributed by atoms with Gasteiger partial charge in [-0.3, -0.25) is 23.9 Å². The molecule has 1 saturated carbocycles. The molecule has 182 valence electrons. The predicted octanol–water partition coefficient (Wildman–Crippen LogP) is 1.85. The fourth-order valence-corrected chi connectivity index (χ4v) is 3.84. The third-order valence-corrected chi connectivity index (χ3v) is 5.61. The molecule has 0 atom stereocenters. The van der Waals surface area contributed by atoms with E-state index in [1.165, 1.54) is 16.5 Å². The van der Waals surface area contributed by atoms with Crippen molar-refractivity contribution in [2.24, 2.45) is 0 Å². The van der Waals surface area contributed by atoms with E-state index in [1.54, 1.807) is 36.4 Å². The summed E-state index contributed by atoms with van der Waals surface area (Å²) in [5.41, 5.74) is 1.06. The quantitative estimate of drug-likeness (QED) is 0.301. The number of nitrogens with one attached hydrogen (secondary N) is 2. The topological polar surface area (TPSA) is 147 Å². The van der Waals surface area contributed by atoms with Gasteiger partial charge in [-0.15, -0.1) is 0 Å². The van der Waals surface area contributed by atoms with Crippen LogP contribution in [0.4, 0.5) is 11.5 Å². The molecule has 0 radical (unpaired) electrons. The van der Waals surface area contributed by atoms with Gasteiger partial charge in [0.2, 0.25) is 17.7 Å². The number of Topliss-reactive ketones (excluding diaryl/α,β-unsaturated/α-hetero) is 1. The molecule has 1 fully saturated rings. The molecule has 1 aliphatic carbocycles. The van der Waals surface area contributed by atoms with Gasteiger partial charge in [-0.1, -0.05) is 17.7 Å². The number of fused-ring (bicyclic) bond motifs is 1. The molecule has 0 spiro atoms. The van der Waals surface area contributed by atoms with Gasteiger partial charge in [0, 0.05) is 24.0 Å². The van der Waals surface area contributed by atoms with Crippen molar-refractivity contribution in [2.75, 3.05) is 23.8 Å². The normalized spacial score (nSPS) is 12.9. The Bertz CT molecular complexity index is 1320. The Morgan fingerprint density at radius 1 is 1.14 bits per heavy atom. The zero-order chi connectivity index (χ0) is 25.1. The molecular formula is C23H23ClN6O5. The van der Waals surface area contributed by atoms with Gasteiger partial charge in [0.05, 0.1) is 5.52 Å². The van der Waals surface area contributed by atoms with Gasteiger partial charge >= 0.3 is 0 Å². The lowest BCUT2D eigenvalue weighted by atomic mass is 10.1. The van der Waals surface area contributed by atoms with Crippen LogP contribution >= 0.6 is 11.6 Å². The predicted molar refractivity (Wildman–Crippen MR) is 128 cm³/mol. The van der Waals surface area contributed by atoms with Gasteiger partial charge in [0.25, 0.3) is 0 Å². The van der Waals surface area contributed by atoms with E-state index in [-0.39, 0.29) is 41.7 Å². The number of nitrogens with zero attached hydrogens (tertiary/aromatic N) is 4. The van der Waals surface area contributed by atoms with Crippen molar-refractivity contribution in [3.8, 4) is 0 Å². The van der Waals surface area contributed by atoms with Gasteiger partial charge in [-0.25, -0.2) is 4.98 Å². The largest absolute Gasteiger partial charge is 0.387 e. The Hall–Kier alpha value is -3.83. The summed E-state index contributed by atoms with van der Waals surface area (Å²) in [5.74, 6) is -1.33. The summed E-state index contributed by atoms with van der Waals surface area (Å²) in [6.45, 7) is 0.347. The molecule has 2 heterocycles. The maximum atomic E-state index is 13.2. The minimum Gasteiger partial charge on any atom is -0.387 e. The molecule has 2 aromatic heterocycles. The SMILES string of the molecule is CC(=O)c1nn(CC(=O)N(CC(=O)Nc2cccc(Cl)n2)C2CC2)c2ccc(NC(=O)CO)cc12. The molecule has 3 amide bonds. The van der Waals surface area contributed by atoms with Gasteiger partial charge in [0.15, 0.2) is 5.78 Å². The fraction of sp³-hybridized carbons (Fsp3) is 0.304. The smallest absolute Gasteiger partial charge is 0.250 e. The van der Waals surface area contributed by atoms with Gasteiger partial charge in [0.1, 0.15) is 36.4 Å². The summed E-state index contributed by atoms with van der Waals surface area (Å²) in [5, 5.41) is 19.1. The first-order valence-corrected chi connectivity index (χ1v) is 11.3. The number of amides is 3. The number of hydrogen-bond donors (Lipinski definition) is 3. The van der Waals surface area contributed by atoms with E-state index in [2.05, 4.69) is 20.7 Å². The molecule has 3 N–H and O–H groups in total. The molecule has 35 heavy (non-hydrogen) atoms. The number of carbonyl (C=O) groups is 4. The maximum absolute atomic E-state index is 13.2. The number of benzene rings is 1. The molecule has 1 aliphatic rings. The first-order valence-electron chi connectivity index (χ1n) is 10.9. The molecule has 0 saturated heterocycles. The second-order valence-corrected chi connectivity index (χ2v) is 8.53. The van der Waals surface area contributed by atoms with Crippen molar-refractivity contribution in [3.05, 3.63) is 47.2 Å².